The number of hydrogen-bond donors (Lipinski definition) is 1. The summed E-state index contributed by atoms with van der Waals surface area (Å²) in [5, 5.41) is 12.2. The molecule has 0 radical (unpaired) electrons. The van der Waals surface area contributed by atoms with Gasteiger partial charge in [0, 0.05) is 0 Å². The predicted molar refractivity (Wildman–Crippen MR) is 103 cm³/mol. The Hall–Kier alpha value is -3.06. The SMILES string of the molecule is CC(C)COc1ccc(/C=C(/C#N)C(=O)N[C@H](C)c2ccccc2)cc1. The van der Waals surface area contributed by atoms with E-state index in [2.05, 4.69) is 19.2 Å². The third-order valence-electron chi connectivity index (χ3n) is 3.79. The van der Waals surface area contributed by atoms with E-state index in [1.165, 1.54) is 0 Å². The van der Waals surface area contributed by atoms with Crippen molar-refractivity contribution in [2.75, 3.05) is 6.61 Å². The highest BCUT2D eigenvalue weighted by atomic mass is 16.5. The summed E-state index contributed by atoms with van der Waals surface area (Å²) in [5.74, 6) is 0.843. The highest BCUT2D eigenvalue weighted by Crippen LogP contribution is 2.16. The molecule has 0 aliphatic heterocycles. The van der Waals surface area contributed by atoms with Crippen LogP contribution < -0.4 is 10.1 Å². The summed E-state index contributed by atoms with van der Waals surface area (Å²) in [5.41, 5.74) is 1.84. The maximum atomic E-state index is 12.4. The van der Waals surface area contributed by atoms with E-state index < -0.39 is 0 Å². The molecule has 2 aromatic rings. The number of hydrogen-bond acceptors (Lipinski definition) is 3. The zero-order chi connectivity index (χ0) is 18.9. The van der Waals surface area contributed by atoms with E-state index >= 15 is 0 Å². The lowest BCUT2D eigenvalue weighted by Gasteiger charge is -2.13. The van der Waals surface area contributed by atoms with E-state index in [0.717, 1.165) is 16.9 Å². The van der Waals surface area contributed by atoms with Gasteiger partial charge in [-0.05, 0) is 42.2 Å². The van der Waals surface area contributed by atoms with E-state index in [9.17, 15) is 10.1 Å². The molecule has 4 nitrogen and oxygen atoms in total. The summed E-state index contributed by atoms with van der Waals surface area (Å²) in [4.78, 5) is 12.4. The smallest absolute Gasteiger partial charge is 0.262 e. The van der Waals surface area contributed by atoms with Crippen molar-refractivity contribution < 1.29 is 9.53 Å². The van der Waals surface area contributed by atoms with Gasteiger partial charge in [-0.15, -0.1) is 0 Å². The van der Waals surface area contributed by atoms with E-state index in [1.807, 2.05) is 67.6 Å². The van der Waals surface area contributed by atoms with Crippen molar-refractivity contribution in [2.24, 2.45) is 5.92 Å². The van der Waals surface area contributed by atoms with Crippen LogP contribution in [0.15, 0.2) is 60.2 Å². The molecular formula is C22H24N2O2. The molecule has 0 aromatic heterocycles. The summed E-state index contributed by atoms with van der Waals surface area (Å²) >= 11 is 0. The molecule has 1 amide bonds. The van der Waals surface area contributed by atoms with Gasteiger partial charge in [0.15, 0.2) is 0 Å². The van der Waals surface area contributed by atoms with Gasteiger partial charge in [-0.1, -0.05) is 56.3 Å². The molecule has 0 aliphatic rings. The number of carbonyl (C=O) groups is 1. The van der Waals surface area contributed by atoms with E-state index in [4.69, 9.17) is 4.74 Å². The summed E-state index contributed by atoms with van der Waals surface area (Å²) in [6, 6.07) is 18.8. The molecule has 26 heavy (non-hydrogen) atoms. The summed E-state index contributed by atoms with van der Waals surface area (Å²) in [7, 11) is 0. The number of amides is 1. The maximum Gasteiger partial charge on any atom is 0.262 e. The minimum Gasteiger partial charge on any atom is -0.493 e. The maximum absolute atomic E-state index is 12.4. The minimum atomic E-state index is -0.385. The van der Waals surface area contributed by atoms with Crippen LogP contribution in [0.4, 0.5) is 0 Å². The molecule has 0 bridgehead atoms. The van der Waals surface area contributed by atoms with E-state index in [0.29, 0.717) is 12.5 Å². The molecule has 1 N–H and O–H groups in total. The van der Waals surface area contributed by atoms with Crippen LogP contribution >= 0.6 is 0 Å². The topological polar surface area (TPSA) is 62.1 Å². The van der Waals surface area contributed by atoms with Gasteiger partial charge < -0.3 is 10.1 Å². The van der Waals surface area contributed by atoms with Crippen molar-refractivity contribution in [3.63, 3.8) is 0 Å². The van der Waals surface area contributed by atoms with Gasteiger partial charge in [0.1, 0.15) is 17.4 Å². The molecule has 2 aromatic carbocycles. The Morgan fingerprint density at radius 3 is 2.35 bits per heavy atom. The fourth-order valence-electron chi connectivity index (χ4n) is 2.34. The van der Waals surface area contributed by atoms with E-state index in [-0.39, 0.29) is 17.5 Å². The highest BCUT2D eigenvalue weighted by molar-refractivity contribution is 6.01. The predicted octanol–water partition coefficient (Wildman–Crippen LogP) is 4.51. The second-order valence-corrected chi connectivity index (χ2v) is 6.55. The molecule has 0 saturated heterocycles. The Labute approximate surface area is 155 Å². The summed E-state index contributed by atoms with van der Waals surface area (Å²) in [6.45, 7) is 6.72. The first-order valence-corrected chi connectivity index (χ1v) is 8.70. The Kier molecular flexibility index (Phi) is 6.99. The van der Waals surface area contributed by atoms with Gasteiger partial charge in [-0.3, -0.25) is 4.79 Å². The van der Waals surface area contributed by atoms with Crippen molar-refractivity contribution in [1.29, 1.82) is 5.26 Å². The van der Waals surface area contributed by atoms with Crippen molar-refractivity contribution in [1.82, 2.24) is 5.32 Å². The highest BCUT2D eigenvalue weighted by Gasteiger charge is 2.13. The lowest BCUT2D eigenvalue weighted by atomic mass is 10.1. The summed E-state index contributed by atoms with van der Waals surface area (Å²) < 4.78 is 5.64. The number of rotatable bonds is 7. The first-order valence-electron chi connectivity index (χ1n) is 8.70. The van der Waals surface area contributed by atoms with Crippen molar-refractivity contribution in [3.05, 3.63) is 71.3 Å². The molecule has 0 spiro atoms. The fraction of sp³-hybridized carbons (Fsp3) is 0.273. The third kappa shape index (κ3) is 5.78. The number of benzene rings is 2. The van der Waals surface area contributed by atoms with Crippen molar-refractivity contribution >= 4 is 12.0 Å². The second kappa shape index (κ2) is 9.43. The number of nitriles is 1. The fourth-order valence-corrected chi connectivity index (χ4v) is 2.34. The zero-order valence-electron chi connectivity index (χ0n) is 15.4. The number of nitrogens with zero attached hydrogens (tertiary/aromatic N) is 1. The first kappa shape index (κ1) is 19.3. The number of carbonyl (C=O) groups excluding carboxylic acids is 1. The van der Waals surface area contributed by atoms with Crippen LogP contribution in [0, 0.1) is 17.2 Å². The zero-order valence-corrected chi connectivity index (χ0v) is 15.4. The Balaban J connectivity index is 2.04. The van der Waals surface area contributed by atoms with Gasteiger partial charge in [-0.2, -0.15) is 5.26 Å². The quantitative estimate of drug-likeness (QED) is 0.592. The minimum absolute atomic E-state index is 0.0728. The molecule has 0 fully saturated rings. The molecule has 4 heteroatoms. The van der Waals surface area contributed by atoms with Crippen LogP contribution in [-0.4, -0.2) is 12.5 Å². The van der Waals surface area contributed by atoms with Crippen molar-refractivity contribution in [3.8, 4) is 11.8 Å². The molecule has 0 saturated carbocycles. The normalized spacial score (nSPS) is 12.3. The number of nitrogens with one attached hydrogen (secondary N) is 1. The third-order valence-corrected chi connectivity index (χ3v) is 3.79. The van der Waals surface area contributed by atoms with Gasteiger partial charge in [0.2, 0.25) is 0 Å². The Morgan fingerprint density at radius 1 is 1.12 bits per heavy atom. The molecule has 1 atom stereocenters. The lowest BCUT2D eigenvalue weighted by Crippen LogP contribution is -2.27. The standard InChI is InChI=1S/C22H24N2O2/c1-16(2)15-26-21-11-9-18(10-12-21)13-20(14-23)22(25)24-17(3)19-7-5-4-6-8-19/h4-13,16-17H,15H2,1-3H3,(H,24,25)/b20-13-/t17-/m1/s1. The summed E-state index contributed by atoms with van der Waals surface area (Å²) in [6.07, 6.45) is 1.58. The van der Waals surface area contributed by atoms with Gasteiger partial charge in [-0.25, -0.2) is 0 Å². The largest absolute Gasteiger partial charge is 0.493 e. The monoisotopic (exact) mass is 348 g/mol. The van der Waals surface area contributed by atoms with Crippen LogP contribution in [0.2, 0.25) is 0 Å². The van der Waals surface area contributed by atoms with Crippen LogP contribution in [0.1, 0.15) is 37.9 Å². The van der Waals surface area contributed by atoms with Crippen LogP contribution in [0.3, 0.4) is 0 Å². The molecule has 134 valence electrons. The average Bonchev–Trinajstić information content (AvgIpc) is 2.65. The van der Waals surface area contributed by atoms with E-state index in [1.54, 1.807) is 6.08 Å². The number of ether oxygens (including phenoxy) is 1. The van der Waals surface area contributed by atoms with Crippen LogP contribution in [0.25, 0.3) is 6.08 Å². The van der Waals surface area contributed by atoms with Crippen LogP contribution in [0.5, 0.6) is 5.75 Å². The Bertz CT molecular complexity index is 787. The lowest BCUT2D eigenvalue weighted by molar-refractivity contribution is -0.117. The Morgan fingerprint density at radius 2 is 1.77 bits per heavy atom. The average molecular weight is 348 g/mol. The van der Waals surface area contributed by atoms with Gasteiger partial charge >= 0.3 is 0 Å². The molecule has 0 heterocycles. The van der Waals surface area contributed by atoms with Gasteiger partial charge in [0.25, 0.3) is 5.91 Å². The molecule has 0 aliphatic carbocycles. The molecule has 0 unspecified atom stereocenters. The van der Waals surface area contributed by atoms with Crippen LogP contribution in [-0.2, 0) is 4.79 Å². The molecule has 2 rings (SSSR count). The van der Waals surface area contributed by atoms with Gasteiger partial charge in [0.05, 0.1) is 12.6 Å². The molecular weight excluding hydrogens is 324 g/mol. The van der Waals surface area contributed by atoms with Crippen molar-refractivity contribution in [2.45, 2.75) is 26.8 Å². The second-order valence-electron chi connectivity index (χ2n) is 6.55. The first-order chi connectivity index (χ1) is 12.5.